The van der Waals surface area contributed by atoms with E-state index in [1.807, 2.05) is 12.1 Å². The standard InChI is InChI=1S/C22H22N2O4/c1-14(2)15-7-9-16(10-8-15)19-13-23-21(28-19)12-11-20(25)24-18-6-4-3-5-17(18)22(26)27/h3-10,13-14H,11-12H2,1-2H3,(H,24,25)(H,26,27). The minimum Gasteiger partial charge on any atom is -0.478 e. The molecule has 0 bridgehead atoms. The summed E-state index contributed by atoms with van der Waals surface area (Å²) in [7, 11) is 0. The number of carbonyl (C=O) groups is 2. The van der Waals surface area contributed by atoms with E-state index in [9.17, 15) is 9.59 Å². The van der Waals surface area contributed by atoms with Crippen molar-refractivity contribution in [2.24, 2.45) is 0 Å². The third kappa shape index (κ3) is 4.65. The summed E-state index contributed by atoms with van der Waals surface area (Å²) in [5, 5.41) is 11.8. The van der Waals surface area contributed by atoms with Crippen LogP contribution < -0.4 is 5.32 Å². The number of hydrogen-bond donors (Lipinski definition) is 2. The third-order valence-corrected chi connectivity index (χ3v) is 4.41. The number of carboxylic acids is 1. The van der Waals surface area contributed by atoms with E-state index in [-0.39, 0.29) is 23.6 Å². The lowest BCUT2D eigenvalue weighted by Gasteiger charge is -2.07. The zero-order chi connectivity index (χ0) is 20.1. The van der Waals surface area contributed by atoms with Crippen molar-refractivity contribution < 1.29 is 19.1 Å². The molecule has 0 saturated heterocycles. The van der Waals surface area contributed by atoms with Crippen LogP contribution in [0.3, 0.4) is 0 Å². The Morgan fingerprint density at radius 1 is 1.11 bits per heavy atom. The van der Waals surface area contributed by atoms with Gasteiger partial charge in [-0.15, -0.1) is 0 Å². The topological polar surface area (TPSA) is 92.4 Å². The van der Waals surface area contributed by atoms with Crippen molar-refractivity contribution >= 4 is 17.6 Å². The van der Waals surface area contributed by atoms with Gasteiger partial charge in [0, 0.05) is 18.4 Å². The molecule has 3 rings (SSSR count). The van der Waals surface area contributed by atoms with Gasteiger partial charge in [-0.2, -0.15) is 0 Å². The van der Waals surface area contributed by atoms with E-state index in [1.54, 1.807) is 24.4 Å². The number of aromatic carboxylic acids is 1. The first-order chi connectivity index (χ1) is 13.4. The summed E-state index contributed by atoms with van der Waals surface area (Å²) < 4.78 is 5.75. The first-order valence-corrected chi connectivity index (χ1v) is 9.11. The van der Waals surface area contributed by atoms with Crippen molar-refractivity contribution in [3.63, 3.8) is 0 Å². The highest BCUT2D eigenvalue weighted by molar-refractivity contribution is 6.00. The fraction of sp³-hybridized carbons (Fsp3) is 0.227. The molecule has 1 heterocycles. The molecule has 144 valence electrons. The van der Waals surface area contributed by atoms with Crippen LogP contribution in [-0.4, -0.2) is 22.0 Å². The molecule has 6 heteroatoms. The summed E-state index contributed by atoms with van der Waals surface area (Å²) in [5.74, 6) is 0.196. The molecule has 0 spiro atoms. The maximum Gasteiger partial charge on any atom is 0.337 e. The highest BCUT2D eigenvalue weighted by Gasteiger charge is 2.13. The Bertz CT molecular complexity index is 974. The highest BCUT2D eigenvalue weighted by Crippen LogP contribution is 2.24. The summed E-state index contributed by atoms with van der Waals surface area (Å²) in [6.45, 7) is 4.28. The van der Waals surface area contributed by atoms with Gasteiger partial charge < -0.3 is 14.8 Å². The Kier molecular flexibility index (Phi) is 5.89. The Morgan fingerprint density at radius 2 is 1.82 bits per heavy atom. The second kappa shape index (κ2) is 8.52. The SMILES string of the molecule is CC(C)c1ccc(-c2cnc(CCC(=O)Nc3ccccc3C(=O)O)o2)cc1. The molecule has 2 N–H and O–H groups in total. The first kappa shape index (κ1) is 19.4. The van der Waals surface area contributed by atoms with E-state index >= 15 is 0 Å². The quantitative estimate of drug-likeness (QED) is 0.620. The Hall–Kier alpha value is -3.41. The van der Waals surface area contributed by atoms with Gasteiger partial charge in [-0.25, -0.2) is 9.78 Å². The number of amides is 1. The first-order valence-electron chi connectivity index (χ1n) is 9.11. The summed E-state index contributed by atoms with van der Waals surface area (Å²) in [6, 6.07) is 14.4. The number of nitrogens with one attached hydrogen (secondary N) is 1. The summed E-state index contributed by atoms with van der Waals surface area (Å²) in [6.07, 6.45) is 2.11. The van der Waals surface area contributed by atoms with E-state index in [1.165, 1.54) is 11.6 Å². The van der Waals surface area contributed by atoms with Crippen molar-refractivity contribution in [1.82, 2.24) is 4.98 Å². The van der Waals surface area contributed by atoms with E-state index in [0.29, 0.717) is 24.0 Å². The smallest absolute Gasteiger partial charge is 0.337 e. The Balaban J connectivity index is 1.60. The number of carboxylic acid groups (broad SMARTS) is 1. The van der Waals surface area contributed by atoms with E-state index < -0.39 is 5.97 Å². The highest BCUT2D eigenvalue weighted by atomic mass is 16.4. The van der Waals surface area contributed by atoms with E-state index in [0.717, 1.165) is 5.56 Å². The van der Waals surface area contributed by atoms with Crippen molar-refractivity contribution in [3.8, 4) is 11.3 Å². The van der Waals surface area contributed by atoms with Gasteiger partial charge in [-0.3, -0.25) is 4.79 Å². The van der Waals surface area contributed by atoms with Gasteiger partial charge in [-0.1, -0.05) is 50.2 Å². The lowest BCUT2D eigenvalue weighted by molar-refractivity contribution is -0.116. The number of benzene rings is 2. The Morgan fingerprint density at radius 3 is 2.50 bits per heavy atom. The van der Waals surface area contributed by atoms with Crippen molar-refractivity contribution in [1.29, 1.82) is 0 Å². The molecule has 6 nitrogen and oxygen atoms in total. The van der Waals surface area contributed by atoms with Gasteiger partial charge in [-0.05, 0) is 23.6 Å². The number of nitrogens with zero attached hydrogens (tertiary/aromatic N) is 1. The van der Waals surface area contributed by atoms with Gasteiger partial charge in [0.2, 0.25) is 5.91 Å². The zero-order valence-corrected chi connectivity index (χ0v) is 15.8. The summed E-state index contributed by atoms with van der Waals surface area (Å²) in [4.78, 5) is 27.6. The molecule has 0 radical (unpaired) electrons. The van der Waals surface area contributed by atoms with Gasteiger partial charge >= 0.3 is 5.97 Å². The van der Waals surface area contributed by atoms with Crippen molar-refractivity contribution in [2.45, 2.75) is 32.6 Å². The number of hydrogen-bond acceptors (Lipinski definition) is 4. The molecule has 3 aromatic rings. The third-order valence-electron chi connectivity index (χ3n) is 4.41. The largest absolute Gasteiger partial charge is 0.478 e. The molecule has 0 unspecified atom stereocenters. The number of para-hydroxylation sites is 1. The van der Waals surface area contributed by atoms with Crippen LogP contribution in [0.4, 0.5) is 5.69 Å². The van der Waals surface area contributed by atoms with Gasteiger partial charge in [0.05, 0.1) is 17.4 Å². The number of rotatable bonds is 7. The second-order valence-electron chi connectivity index (χ2n) is 6.79. The predicted octanol–water partition coefficient (Wildman–Crippen LogP) is 4.73. The average Bonchev–Trinajstić information content (AvgIpc) is 3.16. The lowest BCUT2D eigenvalue weighted by Crippen LogP contribution is -2.15. The van der Waals surface area contributed by atoms with E-state index in [4.69, 9.17) is 9.52 Å². The number of aromatic nitrogens is 1. The van der Waals surface area contributed by atoms with Crippen LogP contribution in [0.25, 0.3) is 11.3 Å². The monoisotopic (exact) mass is 378 g/mol. The van der Waals surface area contributed by atoms with Crippen LogP contribution in [-0.2, 0) is 11.2 Å². The summed E-state index contributed by atoms with van der Waals surface area (Å²) >= 11 is 0. The average molecular weight is 378 g/mol. The molecular weight excluding hydrogens is 356 g/mol. The van der Waals surface area contributed by atoms with Crippen LogP contribution >= 0.6 is 0 Å². The number of oxazole rings is 1. The fourth-order valence-corrected chi connectivity index (χ4v) is 2.80. The molecule has 0 aliphatic heterocycles. The molecule has 0 aliphatic carbocycles. The maximum atomic E-state index is 12.2. The van der Waals surface area contributed by atoms with Crippen LogP contribution in [0.5, 0.6) is 0 Å². The van der Waals surface area contributed by atoms with Crippen LogP contribution in [0.15, 0.2) is 59.1 Å². The molecule has 0 atom stereocenters. The molecule has 0 fully saturated rings. The zero-order valence-electron chi connectivity index (χ0n) is 15.8. The molecule has 2 aromatic carbocycles. The lowest BCUT2D eigenvalue weighted by atomic mass is 10.0. The molecule has 1 amide bonds. The number of carbonyl (C=O) groups excluding carboxylic acids is 1. The minimum atomic E-state index is -1.09. The summed E-state index contributed by atoms with van der Waals surface area (Å²) in [5.41, 5.74) is 2.52. The Labute approximate surface area is 163 Å². The fourth-order valence-electron chi connectivity index (χ4n) is 2.80. The van der Waals surface area contributed by atoms with Crippen LogP contribution in [0.2, 0.25) is 0 Å². The maximum absolute atomic E-state index is 12.2. The molecule has 0 aliphatic rings. The molecular formula is C22H22N2O4. The molecule has 28 heavy (non-hydrogen) atoms. The van der Waals surface area contributed by atoms with Gasteiger partial charge in [0.25, 0.3) is 0 Å². The van der Waals surface area contributed by atoms with Gasteiger partial charge in [0.15, 0.2) is 11.7 Å². The van der Waals surface area contributed by atoms with E-state index in [2.05, 4.69) is 36.3 Å². The van der Waals surface area contributed by atoms with Gasteiger partial charge in [0.1, 0.15) is 0 Å². The predicted molar refractivity (Wildman–Crippen MR) is 106 cm³/mol. The number of aryl methyl sites for hydroxylation is 1. The minimum absolute atomic E-state index is 0.0547. The van der Waals surface area contributed by atoms with Crippen molar-refractivity contribution in [3.05, 3.63) is 71.7 Å². The van der Waals surface area contributed by atoms with Crippen molar-refractivity contribution in [2.75, 3.05) is 5.32 Å². The van der Waals surface area contributed by atoms with Crippen LogP contribution in [0.1, 0.15) is 48.0 Å². The second-order valence-corrected chi connectivity index (χ2v) is 6.79. The number of anilines is 1. The molecule has 0 saturated carbocycles. The molecule has 1 aromatic heterocycles. The normalized spacial score (nSPS) is 10.8. The van der Waals surface area contributed by atoms with Crippen LogP contribution in [0, 0.1) is 0 Å².